The van der Waals surface area contributed by atoms with E-state index in [1.165, 1.54) is 15.6 Å². The van der Waals surface area contributed by atoms with Crippen LogP contribution in [0.5, 0.6) is 0 Å². The van der Waals surface area contributed by atoms with Gasteiger partial charge in [0.2, 0.25) is 0 Å². The lowest BCUT2D eigenvalue weighted by molar-refractivity contribution is 0.443. The third-order valence-electron chi connectivity index (χ3n) is 2.84. The fraction of sp³-hybridized carbons (Fsp3) is 0.571. The fourth-order valence-corrected chi connectivity index (χ4v) is 4.86. The molecule has 20 heavy (non-hydrogen) atoms. The molecule has 1 N–H and O–H groups in total. The Morgan fingerprint density at radius 1 is 1.40 bits per heavy atom. The van der Waals surface area contributed by atoms with Gasteiger partial charge in [-0.1, -0.05) is 19.9 Å². The van der Waals surface area contributed by atoms with Gasteiger partial charge in [0, 0.05) is 18.0 Å². The zero-order chi connectivity index (χ0) is 15.0. The van der Waals surface area contributed by atoms with E-state index in [9.17, 15) is 8.42 Å². The Morgan fingerprint density at radius 3 is 2.75 bits per heavy atom. The highest BCUT2D eigenvalue weighted by molar-refractivity contribution is 7.91. The molecule has 0 saturated heterocycles. The van der Waals surface area contributed by atoms with E-state index in [1.807, 2.05) is 13.0 Å². The molecule has 0 aliphatic carbocycles. The average molecular weight is 316 g/mol. The maximum Gasteiger partial charge on any atom is 0.252 e. The van der Waals surface area contributed by atoms with Gasteiger partial charge in [-0.2, -0.15) is 4.31 Å². The molecule has 0 fully saturated rings. The van der Waals surface area contributed by atoms with Gasteiger partial charge < -0.3 is 5.32 Å². The van der Waals surface area contributed by atoms with E-state index in [0.29, 0.717) is 17.3 Å². The Balaban J connectivity index is 2.83. The van der Waals surface area contributed by atoms with Crippen molar-refractivity contribution in [2.24, 2.45) is 0 Å². The van der Waals surface area contributed by atoms with Crippen LogP contribution >= 0.6 is 11.3 Å². The third kappa shape index (κ3) is 4.70. The monoisotopic (exact) mass is 316 g/mol. The summed E-state index contributed by atoms with van der Waals surface area (Å²) in [5.41, 5.74) is 0. The Labute approximate surface area is 126 Å². The van der Waals surface area contributed by atoms with E-state index in [4.69, 9.17) is 0 Å². The number of hydrogen-bond acceptors (Lipinski definition) is 4. The number of hydrogen-bond donors (Lipinski definition) is 1. The molecule has 6 heteroatoms. The van der Waals surface area contributed by atoms with Crippen molar-refractivity contribution in [1.82, 2.24) is 9.62 Å². The molecule has 0 aliphatic heterocycles. The molecule has 4 nitrogen and oxygen atoms in total. The summed E-state index contributed by atoms with van der Waals surface area (Å²) in [5, 5.41) is 3.24. The summed E-state index contributed by atoms with van der Waals surface area (Å²) in [4.78, 5) is 1.10. The number of rotatable bonds is 10. The molecule has 0 aromatic carbocycles. The summed E-state index contributed by atoms with van der Waals surface area (Å²) in [6.45, 7) is 10.4. The topological polar surface area (TPSA) is 49.4 Å². The van der Waals surface area contributed by atoms with E-state index in [2.05, 4.69) is 18.8 Å². The zero-order valence-electron chi connectivity index (χ0n) is 12.3. The Kier molecular flexibility index (Phi) is 7.43. The second-order valence-corrected chi connectivity index (χ2v) is 7.81. The van der Waals surface area contributed by atoms with Gasteiger partial charge in [-0.05, 0) is 38.1 Å². The van der Waals surface area contributed by atoms with Crippen LogP contribution < -0.4 is 5.32 Å². The van der Waals surface area contributed by atoms with Crippen LogP contribution in [-0.2, 0) is 16.4 Å². The van der Waals surface area contributed by atoms with Crippen LogP contribution in [0, 0.1) is 0 Å². The number of likely N-dealkylation sites (N-methyl/N-ethyl adjacent to an activating group) is 1. The number of nitrogens with one attached hydrogen (secondary N) is 1. The van der Waals surface area contributed by atoms with Crippen molar-refractivity contribution in [3.63, 3.8) is 0 Å². The highest BCUT2D eigenvalue weighted by atomic mass is 32.2. The molecule has 114 valence electrons. The summed E-state index contributed by atoms with van der Waals surface area (Å²) in [7, 11) is -3.37. The summed E-state index contributed by atoms with van der Waals surface area (Å²) in [6, 6.07) is 3.62. The molecule has 1 rings (SSSR count). The first-order valence-corrected chi connectivity index (χ1v) is 9.22. The molecule has 0 spiro atoms. The Morgan fingerprint density at radius 2 is 2.15 bits per heavy atom. The first-order chi connectivity index (χ1) is 9.56. The summed E-state index contributed by atoms with van der Waals surface area (Å²) in [5.74, 6) is 0. The normalized spacial score (nSPS) is 11.9. The minimum Gasteiger partial charge on any atom is -0.317 e. The van der Waals surface area contributed by atoms with E-state index in [0.717, 1.165) is 30.8 Å². The second-order valence-electron chi connectivity index (χ2n) is 4.48. The molecular weight excluding hydrogens is 292 g/mol. The predicted molar refractivity (Wildman–Crippen MR) is 85.8 cm³/mol. The quantitative estimate of drug-likeness (QED) is 0.533. The average Bonchev–Trinajstić information content (AvgIpc) is 2.88. The van der Waals surface area contributed by atoms with Gasteiger partial charge in [-0.15, -0.1) is 17.9 Å². The van der Waals surface area contributed by atoms with E-state index >= 15 is 0 Å². The Bertz CT molecular complexity index is 509. The molecule has 1 heterocycles. The minimum absolute atomic E-state index is 0.362. The van der Waals surface area contributed by atoms with Gasteiger partial charge in [-0.3, -0.25) is 0 Å². The standard InChI is InChI=1S/C14H24N2O2S2/c1-4-11-16(12-5-2)20(17,18)14-8-7-13(19-14)9-10-15-6-3/h4,7-8,15H,1,5-6,9-12H2,2-3H3. The van der Waals surface area contributed by atoms with Crippen LogP contribution in [0.2, 0.25) is 0 Å². The van der Waals surface area contributed by atoms with E-state index < -0.39 is 10.0 Å². The van der Waals surface area contributed by atoms with Gasteiger partial charge in [0.15, 0.2) is 0 Å². The molecule has 0 unspecified atom stereocenters. The van der Waals surface area contributed by atoms with Crippen molar-refractivity contribution < 1.29 is 8.42 Å². The largest absolute Gasteiger partial charge is 0.317 e. The van der Waals surface area contributed by atoms with Crippen LogP contribution in [0.15, 0.2) is 29.0 Å². The maximum absolute atomic E-state index is 12.5. The molecule has 0 amide bonds. The van der Waals surface area contributed by atoms with Crippen molar-refractivity contribution in [1.29, 1.82) is 0 Å². The first-order valence-electron chi connectivity index (χ1n) is 6.96. The highest BCUT2D eigenvalue weighted by Crippen LogP contribution is 2.25. The molecule has 0 radical (unpaired) electrons. The number of thiophene rings is 1. The van der Waals surface area contributed by atoms with Crippen molar-refractivity contribution in [2.45, 2.75) is 30.9 Å². The highest BCUT2D eigenvalue weighted by Gasteiger charge is 2.24. The van der Waals surface area contributed by atoms with Crippen LogP contribution in [0.4, 0.5) is 0 Å². The van der Waals surface area contributed by atoms with Gasteiger partial charge in [0.1, 0.15) is 4.21 Å². The number of nitrogens with zero attached hydrogens (tertiary/aromatic N) is 1. The summed E-state index contributed by atoms with van der Waals surface area (Å²) >= 11 is 1.37. The van der Waals surface area contributed by atoms with Crippen molar-refractivity contribution in [3.8, 4) is 0 Å². The molecule has 0 aliphatic rings. The molecule has 0 atom stereocenters. The van der Waals surface area contributed by atoms with Gasteiger partial charge in [0.25, 0.3) is 10.0 Å². The van der Waals surface area contributed by atoms with Crippen LogP contribution in [0.3, 0.4) is 0 Å². The van der Waals surface area contributed by atoms with Crippen molar-refractivity contribution in [2.75, 3.05) is 26.2 Å². The van der Waals surface area contributed by atoms with E-state index in [-0.39, 0.29) is 0 Å². The van der Waals surface area contributed by atoms with Gasteiger partial charge in [-0.25, -0.2) is 8.42 Å². The first kappa shape index (κ1) is 17.4. The van der Waals surface area contributed by atoms with Crippen molar-refractivity contribution >= 4 is 21.4 Å². The minimum atomic E-state index is -3.37. The lowest BCUT2D eigenvalue weighted by atomic mass is 10.3. The molecular formula is C14H24N2O2S2. The summed E-state index contributed by atoms with van der Waals surface area (Å²) in [6.07, 6.45) is 3.29. The summed E-state index contributed by atoms with van der Waals surface area (Å²) < 4.78 is 27.0. The molecule has 0 bridgehead atoms. The van der Waals surface area contributed by atoms with Crippen LogP contribution in [-0.4, -0.2) is 38.9 Å². The smallest absolute Gasteiger partial charge is 0.252 e. The SMILES string of the molecule is C=CCN(CCC)S(=O)(=O)c1ccc(CCNCC)s1. The molecule has 1 aromatic heterocycles. The van der Waals surface area contributed by atoms with Crippen molar-refractivity contribution in [3.05, 3.63) is 29.7 Å². The third-order valence-corrected chi connectivity index (χ3v) is 6.31. The molecule has 1 aromatic rings. The second kappa shape index (κ2) is 8.56. The number of sulfonamides is 1. The van der Waals surface area contributed by atoms with Gasteiger partial charge >= 0.3 is 0 Å². The Hall–Kier alpha value is -0.690. The fourth-order valence-electron chi connectivity index (χ4n) is 1.85. The van der Waals surface area contributed by atoms with Gasteiger partial charge in [0.05, 0.1) is 0 Å². The van der Waals surface area contributed by atoms with Crippen LogP contribution in [0.1, 0.15) is 25.1 Å². The lowest BCUT2D eigenvalue weighted by Gasteiger charge is -2.18. The predicted octanol–water partition coefficient (Wildman–Crippen LogP) is 2.49. The zero-order valence-corrected chi connectivity index (χ0v) is 13.9. The van der Waals surface area contributed by atoms with Crippen LogP contribution in [0.25, 0.3) is 0 Å². The molecule has 0 saturated carbocycles. The maximum atomic E-state index is 12.5. The lowest BCUT2D eigenvalue weighted by Crippen LogP contribution is -2.31. The van der Waals surface area contributed by atoms with E-state index in [1.54, 1.807) is 12.1 Å².